The average Bonchev–Trinajstić information content (AvgIpc) is 3.18. The van der Waals surface area contributed by atoms with Crippen LogP contribution in [-0.4, -0.2) is 22.1 Å². The van der Waals surface area contributed by atoms with Gasteiger partial charge in [-0.15, -0.1) is 0 Å². The van der Waals surface area contributed by atoms with Crippen molar-refractivity contribution in [3.05, 3.63) is 17.9 Å². The lowest BCUT2D eigenvalue weighted by Crippen LogP contribution is -2.25. The molecule has 5 nitrogen and oxygen atoms in total. The summed E-state index contributed by atoms with van der Waals surface area (Å²) in [5.41, 5.74) is 5.54. The van der Waals surface area contributed by atoms with Crippen molar-refractivity contribution in [1.82, 2.24) is 4.72 Å². The van der Waals surface area contributed by atoms with Crippen molar-refractivity contribution in [2.24, 2.45) is 5.92 Å². The zero-order chi connectivity index (χ0) is 14.8. The number of hydrogen-bond donors (Lipinski definition) is 2. The van der Waals surface area contributed by atoms with Gasteiger partial charge in [-0.1, -0.05) is 12.8 Å². The molecule has 1 saturated carbocycles. The molecule has 0 saturated heterocycles. The molecule has 0 bridgehead atoms. The quantitative estimate of drug-likeness (QED) is 0.595. The Balaban J connectivity index is 2.04. The van der Waals surface area contributed by atoms with Gasteiger partial charge in [-0.3, -0.25) is 0 Å². The predicted octanol–water partition coefficient (Wildman–Crippen LogP) is 1.88. The van der Waals surface area contributed by atoms with Crippen LogP contribution in [0, 0.1) is 11.7 Å². The molecule has 112 valence electrons. The zero-order valence-electron chi connectivity index (χ0n) is 11.4. The molecule has 1 aromatic rings. The maximum Gasteiger partial charge on any atom is 0.240 e. The molecule has 3 N–H and O–H groups in total. The van der Waals surface area contributed by atoms with Crippen LogP contribution < -0.4 is 15.2 Å². The Kier molecular flexibility index (Phi) is 4.49. The summed E-state index contributed by atoms with van der Waals surface area (Å²) in [7, 11) is -2.46. The molecule has 1 aliphatic rings. The smallest absolute Gasteiger partial charge is 0.240 e. The van der Waals surface area contributed by atoms with Crippen molar-refractivity contribution in [1.29, 1.82) is 0 Å². The van der Waals surface area contributed by atoms with Crippen LogP contribution in [-0.2, 0) is 10.0 Å². The van der Waals surface area contributed by atoms with E-state index in [4.69, 9.17) is 10.5 Å². The molecule has 1 fully saturated rings. The van der Waals surface area contributed by atoms with Gasteiger partial charge >= 0.3 is 0 Å². The number of methoxy groups -OCH3 is 1. The van der Waals surface area contributed by atoms with Gasteiger partial charge in [0.1, 0.15) is 0 Å². The molecular weight excluding hydrogens is 283 g/mol. The first-order valence-corrected chi connectivity index (χ1v) is 8.05. The van der Waals surface area contributed by atoms with Crippen LogP contribution in [0.2, 0.25) is 0 Å². The summed E-state index contributed by atoms with van der Waals surface area (Å²) in [6.45, 7) is 0.354. The highest BCUT2D eigenvalue weighted by Crippen LogP contribution is 2.33. The Hall–Kier alpha value is -1.34. The third kappa shape index (κ3) is 3.61. The molecule has 0 aromatic heterocycles. The first-order chi connectivity index (χ1) is 9.44. The van der Waals surface area contributed by atoms with E-state index < -0.39 is 15.8 Å². The summed E-state index contributed by atoms with van der Waals surface area (Å²) in [6.07, 6.45) is 4.31. The maximum atomic E-state index is 13.6. The molecule has 1 aromatic carbocycles. The number of nitrogens with two attached hydrogens (primary N) is 1. The van der Waals surface area contributed by atoms with E-state index in [-0.39, 0.29) is 16.3 Å². The van der Waals surface area contributed by atoms with E-state index >= 15 is 0 Å². The van der Waals surface area contributed by atoms with Gasteiger partial charge in [-0.2, -0.15) is 0 Å². The van der Waals surface area contributed by atoms with E-state index in [0.717, 1.165) is 24.8 Å². The first kappa shape index (κ1) is 15.1. The van der Waals surface area contributed by atoms with Gasteiger partial charge in [-0.05, 0) is 30.9 Å². The fourth-order valence-electron chi connectivity index (χ4n) is 2.05. The fourth-order valence-corrected chi connectivity index (χ4v) is 3.17. The van der Waals surface area contributed by atoms with E-state index in [1.807, 2.05) is 0 Å². The number of hydrogen-bond acceptors (Lipinski definition) is 4. The van der Waals surface area contributed by atoms with Gasteiger partial charge in [0.25, 0.3) is 0 Å². The molecule has 0 unspecified atom stereocenters. The number of sulfonamides is 1. The Morgan fingerprint density at radius 1 is 1.45 bits per heavy atom. The van der Waals surface area contributed by atoms with Crippen molar-refractivity contribution < 1.29 is 17.5 Å². The standard InChI is InChI=1S/C13H19FN2O3S/c1-19-13-11(14)7-10(8-12(13)15)20(17,18)16-6-2-3-9-4-5-9/h7-9,16H,2-6,15H2,1H3. The van der Waals surface area contributed by atoms with Crippen LogP contribution >= 0.6 is 0 Å². The molecule has 0 atom stereocenters. The molecular formula is C13H19FN2O3S. The lowest BCUT2D eigenvalue weighted by molar-refractivity contribution is 0.388. The summed E-state index contributed by atoms with van der Waals surface area (Å²) >= 11 is 0. The summed E-state index contributed by atoms with van der Waals surface area (Å²) in [5, 5.41) is 0. The number of anilines is 1. The summed E-state index contributed by atoms with van der Waals surface area (Å²) in [5.74, 6) is -0.169. The lowest BCUT2D eigenvalue weighted by atomic mass is 10.2. The van der Waals surface area contributed by atoms with E-state index in [1.165, 1.54) is 26.0 Å². The molecule has 0 heterocycles. The molecule has 20 heavy (non-hydrogen) atoms. The molecule has 7 heteroatoms. The number of benzene rings is 1. The van der Waals surface area contributed by atoms with Crippen LogP contribution in [0.1, 0.15) is 25.7 Å². The van der Waals surface area contributed by atoms with Crippen molar-refractivity contribution in [3.8, 4) is 5.75 Å². The average molecular weight is 302 g/mol. The highest BCUT2D eigenvalue weighted by Gasteiger charge is 2.22. The minimum atomic E-state index is -3.73. The second kappa shape index (κ2) is 5.97. The first-order valence-electron chi connectivity index (χ1n) is 6.56. The molecule has 1 aliphatic carbocycles. The number of nitrogens with one attached hydrogen (secondary N) is 1. The second-order valence-corrected chi connectivity index (χ2v) is 6.78. The topological polar surface area (TPSA) is 81.4 Å². The van der Waals surface area contributed by atoms with Crippen LogP contribution in [0.25, 0.3) is 0 Å². The van der Waals surface area contributed by atoms with Crippen molar-refractivity contribution in [2.75, 3.05) is 19.4 Å². The minimum Gasteiger partial charge on any atom is -0.492 e. The van der Waals surface area contributed by atoms with Crippen LogP contribution in [0.3, 0.4) is 0 Å². The van der Waals surface area contributed by atoms with Crippen LogP contribution in [0.4, 0.5) is 10.1 Å². The van der Waals surface area contributed by atoms with Gasteiger partial charge < -0.3 is 10.5 Å². The largest absolute Gasteiger partial charge is 0.492 e. The highest BCUT2D eigenvalue weighted by atomic mass is 32.2. The van der Waals surface area contributed by atoms with Gasteiger partial charge in [0.05, 0.1) is 17.7 Å². The van der Waals surface area contributed by atoms with Crippen LogP contribution in [0.5, 0.6) is 5.75 Å². The summed E-state index contributed by atoms with van der Waals surface area (Å²) in [6, 6.07) is 2.11. The van der Waals surface area contributed by atoms with E-state index in [9.17, 15) is 12.8 Å². The van der Waals surface area contributed by atoms with E-state index in [2.05, 4.69) is 4.72 Å². The second-order valence-electron chi connectivity index (χ2n) is 5.01. The SMILES string of the molecule is COc1c(N)cc(S(=O)(=O)NCCCC2CC2)cc1F. The van der Waals surface area contributed by atoms with Gasteiger partial charge in [0.2, 0.25) is 10.0 Å². The summed E-state index contributed by atoms with van der Waals surface area (Å²) in [4.78, 5) is -0.181. The highest BCUT2D eigenvalue weighted by molar-refractivity contribution is 7.89. The zero-order valence-corrected chi connectivity index (χ0v) is 12.2. The summed E-state index contributed by atoms with van der Waals surface area (Å²) < 4.78 is 44.9. The van der Waals surface area contributed by atoms with Crippen molar-refractivity contribution in [3.63, 3.8) is 0 Å². The molecule has 0 spiro atoms. The van der Waals surface area contributed by atoms with Gasteiger partial charge in [0, 0.05) is 6.54 Å². The monoisotopic (exact) mass is 302 g/mol. The number of halogens is 1. The number of nitrogen functional groups attached to an aromatic ring is 1. The third-order valence-electron chi connectivity index (χ3n) is 3.34. The molecule has 2 rings (SSSR count). The number of rotatable bonds is 7. The maximum absolute atomic E-state index is 13.6. The lowest BCUT2D eigenvalue weighted by Gasteiger charge is -2.10. The Bertz CT molecular complexity index is 562. The van der Waals surface area contributed by atoms with Gasteiger partial charge in [0.15, 0.2) is 11.6 Å². The van der Waals surface area contributed by atoms with E-state index in [0.29, 0.717) is 6.54 Å². The normalized spacial score (nSPS) is 15.3. The number of ether oxygens (including phenoxy) is 1. The molecule has 0 aliphatic heterocycles. The fraction of sp³-hybridized carbons (Fsp3) is 0.538. The minimum absolute atomic E-state index is 0.0362. The molecule has 0 radical (unpaired) electrons. The molecule has 0 amide bonds. The Morgan fingerprint density at radius 2 is 2.15 bits per heavy atom. The third-order valence-corrected chi connectivity index (χ3v) is 4.78. The van der Waals surface area contributed by atoms with Crippen LogP contribution in [0.15, 0.2) is 17.0 Å². The van der Waals surface area contributed by atoms with Gasteiger partial charge in [-0.25, -0.2) is 17.5 Å². The Morgan fingerprint density at radius 3 is 2.70 bits per heavy atom. The predicted molar refractivity (Wildman–Crippen MR) is 74.5 cm³/mol. The van der Waals surface area contributed by atoms with Crippen molar-refractivity contribution in [2.45, 2.75) is 30.6 Å². The van der Waals surface area contributed by atoms with E-state index in [1.54, 1.807) is 0 Å². The Labute approximate surface area is 118 Å². The van der Waals surface area contributed by atoms with Crippen molar-refractivity contribution >= 4 is 15.7 Å².